The lowest BCUT2D eigenvalue weighted by atomic mass is 10.1. The van der Waals surface area contributed by atoms with Crippen molar-refractivity contribution in [3.63, 3.8) is 0 Å². The molecule has 0 atom stereocenters. The summed E-state index contributed by atoms with van der Waals surface area (Å²) in [6.45, 7) is 3.75. The van der Waals surface area contributed by atoms with Crippen molar-refractivity contribution < 1.29 is 17.9 Å². The van der Waals surface area contributed by atoms with Crippen LogP contribution in [0.2, 0.25) is 10.2 Å². The quantitative estimate of drug-likeness (QED) is 0.226. The number of unbranched alkanes of at least 4 members (excludes halogenated alkanes) is 1. The van der Waals surface area contributed by atoms with Crippen molar-refractivity contribution in [2.45, 2.75) is 38.1 Å². The van der Waals surface area contributed by atoms with Crippen molar-refractivity contribution in [2.24, 2.45) is 0 Å². The number of benzene rings is 2. The molecule has 0 aliphatic heterocycles. The number of sulfonamides is 1. The molecule has 3 rings (SSSR count). The fraction of sp³-hybridized carbons (Fsp3) is 0.304. The number of nitrogens with zero attached hydrogens (tertiary/aromatic N) is 2. The summed E-state index contributed by atoms with van der Waals surface area (Å²) >= 11 is 12.4. The van der Waals surface area contributed by atoms with E-state index in [0.717, 1.165) is 21.9 Å². The molecule has 0 fully saturated rings. The first-order valence-corrected chi connectivity index (χ1v) is 12.4. The molecule has 6 nitrogen and oxygen atoms in total. The van der Waals surface area contributed by atoms with E-state index in [1.54, 1.807) is 6.07 Å². The summed E-state index contributed by atoms with van der Waals surface area (Å²) in [5, 5.41) is 1.52. The van der Waals surface area contributed by atoms with Crippen LogP contribution in [0.5, 0.6) is 0 Å². The van der Waals surface area contributed by atoms with Gasteiger partial charge in [0.2, 0.25) is 10.0 Å². The fourth-order valence-electron chi connectivity index (χ4n) is 3.19. The zero-order valence-electron chi connectivity index (χ0n) is 17.8. The number of halogens is 2. The third-order valence-electron chi connectivity index (χ3n) is 5.07. The Labute approximate surface area is 198 Å². The van der Waals surface area contributed by atoms with Crippen LogP contribution >= 0.6 is 23.2 Å². The number of carbonyl (C=O) groups is 1. The molecular weight excluding hydrogens is 471 g/mol. The number of aryl methyl sites for hydroxylation is 1. The Morgan fingerprint density at radius 2 is 1.88 bits per heavy atom. The molecule has 0 amide bonds. The van der Waals surface area contributed by atoms with Gasteiger partial charge in [0.15, 0.2) is 0 Å². The molecule has 9 heteroatoms. The summed E-state index contributed by atoms with van der Waals surface area (Å²) in [7, 11) is -4.06. The molecule has 0 N–H and O–H groups in total. The Balaban J connectivity index is 2.00. The number of aromatic nitrogens is 1. The number of hydrogen-bond donors (Lipinski definition) is 0. The summed E-state index contributed by atoms with van der Waals surface area (Å²) in [6.07, 6.45) is 3.00. The average Bonchev–Trinajstić information content (AvgIpc) is 2.77. The van der Waals surface area contributed by atoms with Gasteiger partial charge in [-0.2, -0.15) is 4.31 Å². The van der Waals surface area contributed by atoms with Gasteiger partial charge in [-0.15, -0.1) is 0 Å². The van der Waals surface area contributed by atoms with Crippen molar-refractivity contribution in [1.29, 1.82) is 0 Å². The van der Waals surface area contributed by atoms with Crippen molar-refractivity contribution in [2.75, 3.05) is 13.2 Å². The molecule has 0 spiro atoms. The van der Waals surface area contributed by atoms with Crippen molar-refractivity contribution in [1.82, 2.24) is 9.29 Å². The van der Waals surface area contributed by atoms with Crippen molar-refractivity contribution in [3.05, 3.63) is 70.0 Å². The molecule has 170 valence electrons. The van der Waals surface area contributed by atoms with Crippen LogP contribution in [0.1, 0.15) is 30.9 Å². The Kier molecular flexibility index (Phi) is 8.11. The molecule has 32 heavy (non-hydrogen) atoms. The number of hydrogen-bond acceptors (Lipinski definition) is 5. The number of pyridine rings is 1. The molecule has 0 bridgehead atoms. The SMILES string of the molecule is CCCCOC(=O)CN(Cc1ccccc1C)S(=O)(=O)c1ccc2c(Cl)cnc(Cl)c2c1. The van der Waals surface area contributed by atoms with Crippen LogP contribution < -0.4 is 0 Å². The lowest BCUT2D eigenvalue weighted by molar-refractivity contribution is -0.144. The van der Waals surface area contributed by atoms with E-state index in [1.807, 2.05) is 38.1 Å². The van der Waals surface area contributed by atoms with Crippen LogP contribution in [0.4, 0.5) is 0 Å². The predicted octanol–water partition coefficient (Wildman–Crippen LogP) is 5.38. The summed E-state index contributed by atoms with van der Waals surface area (Å²) in [5.41, 5.74) is 1.71. The van der Waals surface area contributed by atoms with Crippen LogP contribution in [-0.2, 0) is 26.1 Å². The molecule has 0 aliphatic carbocycles. The Hall–Kier alpha value is -2.19. The maximum absolute atomic E-state index is 13.6. The number of fused-ring (bicyclic) bond motifs is 1. The highest BCUT2D eigenvalue weighted by atomic mass is 35.5. The predicted molar refractivity (Wildman–Crippen MR) is 126 cm³/mol. The zero-order valence-corrected chi connectivity index (χ0v) is 20.2. The first-order chi connectivity index (χ1) is 15.2. The molecule has 3 aromatic rings. The molecule has 2 aromatic carbocycles. The van der Waals surface area contributed by atoms with Gasteiger partial charge < -0.3 is 4.74 Å². The van der Waals surface area contributed by atoms with Crippen LogP contribution in [0.15, 0.2) is 53.6 Å². The first kappa shape index (κ1) is 24.5. The van der Waals surface area contributed by atoms with E-state index in [2.05, 4.69) is 4.98 Å². The molecule has 0 saturated carbocycles. The summed E-state index contributed by atoms with van der Waals surface area (Å²) in [6, 6.07) is 11.9. The van der Waals surface area contributed by atoms with Gasteiger partial charge in [0.1, 0.15) is 11.7 Å². The average molecular weight is 495 g/mol. The first-order valence-electron chi connectivity index (χ1n) is 10.2. The lowest BCUT2D eigenvalue weighted by Crippen LogP contribution is -2.36. The van der Waals surface area contributed by atoms with Crippen LogP contribution in [-0.4, -0.2) is 36.8 Å². The maximum Gasteiger partial charge on any atom is 0.321 e. The van der Waals surface area contributed by atoms with Gasteiger partial charge in [0.05, 0.1) is 16.5 Å². The fourth-order valence-corrected chi connectivity index (χ4v) is 5.00. The second-order valence-corrected chi connectivity index (χ2v) is 10.1. The van der Waals surface area contributed by atoms with E-state index in [0.29, 0.717) is 22.2 Å². The number of ether oxygens (including phenoxy) is 1. The smallest absolute Gasteiger partial charge is 0.321 e. The van der Waals surface area contributed by atoms with Gasteiger partial charge in [-0.05, 0) is 36.6 Å². The molecule has 1 heterocycles. The summed E-state index contributed by atoms with van der Waals surface area (Å²) in [4.78, 5) is 16.4. The topological polar surface area (TPSA) is 76.6 Å². The third kappa shape index (κ3) is 5.59. The van der Waals surface area contributed by atoms with Crippen LogP contribution in [0.3, 0.4) is 0 Å². The minimum Gasteiger partial charge on any atom is -0.465 e. The Morgan fingerprint density at radius 3 is 2.59 bits per heavy atom. The van der Waals surface area contributed by atoms with Gasteiger partial charge in [0.25, 0.3) is 0 Å². The van der Waals surface area contributed by atoms with Gasteiger partial charge in [0, 0.05) is 23.5 Å². The minimum atomic E-state index is -4.06. The molecule has 0 radical (unpaired) electrons. The van der Waals surface area contributed by atoms with Crippen LogP contribution in [0.25, 0.3) is 10.8 Å². The zero-order chi connectivity index (χ0) is 23.3. The second kappa shape index (κ2) is 10.6. The van der Waals surface area contributed by atoms with Crippen molar-refractivity contribution >= 4 is 50.0 Å². The number of carbonyl (C=O) groups excluding carboxylic acids is 1. The molecule has 0 aliphatic rings. The van der Waals surface area contributed by atoms with E-state index < -0.39 is 22.5 Å². The minimum absolute atomic E-state index is 0.00842. The largest absolute Gasteiger partial charge is 0.465 e. The van der Waals surface area contributed by atoms with Gasteiger partial charge >= 0.3 is 5.97 Å². The van der Waals surface area contributed by atoms with E-state index >= 15 is 0 Å². The van der Waals surface area contributed by atoms with E-state index in [9.17, 15) is 13.2 Å². The van der Waals surface area contributed by atoms with Gasteiger partial charge in [-0.1, -0.05) is 66.9 Å². The Bertz CT molecular complexity index is 1230. The molecular formula is C23H24Cl2N2O4S. The second-order valence-electron chi connectivity index (χ2n) is 7.38. The number of esters is 1. The van der Waals surface area contributed by atoms with Gasteiger partial charge in [-0.3, -0.25) is 4.79 Å². The Morgan fingerprint density at radius 1 is 1.12 bits per heavy atom. The third-order valence-corrected chi connectivity index (χ3v) is 7.46. The molecule has 1 aromatic heterocycles. The molecule has 0 saturated heterocycles. The van der Waals surface area contributed by atoms with Gasteiger partial charge in [-0.25, -0.2) is 13.4 Å². The highest BCUT2D eigenvalue weighted by Gasteiger charge is 2.28. The van der Waals surface area contributed by atoms with Crippen LogP contribution in [0, 0.1) is 6.92 Å². The highest BCUT2D eigenvalue weighted by molar-refractivity contribution is 7.89. The molecule has 0 unspecified atom stereocenters. The van der Waals surface area contributed by atoms with E-state index in [4.69, 9.17) is 27.9 Å². The van der Waals surface area contributed by atoms with E-state index in [-0.39, 0.29) is 23.2 Å². The monoisotopic (exact) mass is 494 g/mol. The normalized spacial score (nSPS) is 11.8. The number of rotatable bonds is 9. The summed E-state index contributed by atoms with van der Waals surface area (Å²) < 4.78 is 33.5. The summed E-state index contributed by atoms with van der Waals surface area (Å²) in [5.74, 6) is -0.598. The maximum atomic E-state index is 13.6. The van der Waals surface area contributed by atoms with Crippen molar-refractivity contribution in [3.8, 4) is 0 Å². The standard InChI is InChI=1S/C23H24Cl2N2O4S/c1-3-4-11-31-22(28)15-27(14-17-8-6-5-7-16(17)2)32(29,30)18-9-10-19-20(12-18)23(25)26-13-21(19)24/h5-10,12-13H,3-4,11,14-15H2,1-2H3. The van der Waals surface area contributed by atoms with E-state index in [1.165, 1.54) is 18.3 Å². The lowest BCUT2D eigenvalue weighted by Gasteiger charge is -2.22. The highest BCUT2D eigenvalue weighted by Crippen LogP contribution is 2.31.